The Morgan fingerprint density at radius 1 is 1.06 bits per heavy atom. The topological polar surface area (TPSA) is 82.2 Å². The predicted molar refractivity (Wildman–Crippen MR) is 123 cm³/mol. The lowest BCUT2D eigenvalue weighted by atomic mass is 9.77. The average molecular weight is 443 g/mol. The number of rotatable bonds is 2. The number of nitrogens with zero attached hydrogens (tertiary/aromatic N) is 3. The van der Waals surface area contributed by atoms with Crippen LogP contribution in [-0.2, 0) is 9.53 Å². The number of urea groups is 1. The molecule has 0 radical (unpaired) electrons. The molecule has 0 aliphatic carbocycles. The maximum atomic E-state index is 12.5. The molecule has 0 bridgehead atoms. The number of aryl methyl sites for hydroxylation is 1. The molecule has 3 aliphatic rings. The zero-order valence-electron chi connectivity index (χ0n) is 19.6. The standard InChI is InChI=1S/C24H34N4O4/c1-17-15-18(5-6-19(17)28-11-7-20(29)25-21(28)30)26-12-8-24(9-13-26)10-14-27(16-24)22(31)32-23(2,3)4/h5-6,15H,7-14,16H2,1-4H3,(H,25,29,30). The van der Waals surface area contributed by atoms with Crippen LogP contribution in [0.1, 0.15) is 52.0 Å². The van der Waals surface area contributed by atoms with Crippen molar-refractivity contribution in [2.24, 2.45) is 5.41 Å². The Morgan fingerprint density at radius 2 is 1.75 bits per heavy atom. The van der Waals surface area contributed by atoms with E-state index in [4.69, 9.17) is 4.74 Å². The van der Waals surface area contributed by atoms with Gasteiger partial charge in [0.15, 0.2) is 0 Å². The highest BCUT2D eigenvalue weighted by Gasteiger charge is 2.43. The van der Waals surface area contributed by atoms with Crippen molar-refractivity contribution in [2.45, 2.75) is 59.0 Å². The number of nitrogens with one attached hydrogen (secondary N) is 1. The molecule has 8 nitrogen and oxygen atoms in total. The van der Waals surface area contributed by atoms with E-state index in [0.29, 0.717) is 13.0 Å². The number of carbonyl (C=O) groups excluding carboxylic acids is 3. The summed E-state index contributed by atoms with van der Waals surface area (Å²) < 4.78 is 5.56. The van der Waals surface area contributed by atoms with E-state index in [1.165, 1.54) is 0 Å². The molecule has 3 fully saturated rings. The zero-order valence-corrected chi connectivity index (χ0v) is 19.6. The molecule has 4 amide bonds. The second-order valence-electron chi connectivity index (χ2n) is 10.4. The molecule has 1 spiro atoms. The maximum Gasteiger partial charge on any atom is 0.410 e. The minimum Gasteiger partial charge on any atom is -0.444 e. The summed E-state index contributed by atoms with van der Waals surface area (Å²) in [4.78, 5) is 42.0. The molecule has 0 unspecified atom stereocenters. The Kier molecular flexibility index (Phi) is 5.81. The Labute approximate surface area is 189 Å². The van der Waals surface area contributed by atoms with Crippen molar-refractivity contribution in [1.82, 2.24) is 10.2 Å². The van der Waals surface area contributed by atoms with Gasteiger partial charge in [-0.15, -0.1) is 0 Å². The van der Waals surface area contributed by atoms with Gasteiger partial charge in [-0.1, -0.05) is 0 Å². The van der Waals surface area contributed by atoms with Crippen LogP contribution in [0.15, 0.2) is 18.2 Å². The average Bonchev–Trinajstić information content (AvgIpc) is 3.12. The number of piperidine rings is 1. The Morgan fingerprint density at radius 3 is 2.38 bits per heavy atom. The quantitative estimate of drug-likeness (QED) is 0.756. The van der Waals surface area contributed by atoms with Crippen molar-refractivity contribution in [3.8, 4) is 0 Å². The number of hydrogen-bond donors (Lipinski definition) is 1. The molecule has 3 heterocycles. The molecule has 1 aromatic carbocycles. The molecular weight excluding hydrogens is 408 g/mol. The lowest BCUT2D eigenvalue weighted by Crippen LogP contribution is -2.49. The molecule has 4 rings (SSSR count). The summed E-state index contributed by atoms with van der Waals surface area (Å²) in [5.74, 6) is -0.222. The third-order valence-electron chi connectivity index (χ3n) is 6.80. The fraction of sp³-hybridized carbons (Fsp3) is 0.625. The first-order valence-corrected chi connectivity index (χ1v) is 11.5. The van der Waals surface area contributed by atoms with E-state index in [1.807, 2.05) is 38.7 Å². The monoisotopic (exact) mass is 442 g/mol. The Bertz CT molecular complexity index is 915. The number of ether oxygens (including phenoxy) is 1. The number of likely N-dealkylation sites (tertiary alicyclic amines) is 1. The van der Waals surface area contributed by atoms with E-state index >= 15 is 0 Å². The molecule has 1 aromatic rings. The SMILES string of the molecule is Cc1cc(N2CCC3(CCN(C(=O)OC(C)(C)C)C3)CC2)ccc1N1CCC(=O)NC1=O. The molecular formula is C24H34N4O4. The van der Waals surface area contributed by atoms with Gasteiger partial charge in [0.25, 0.3) is 0 Å². The fourth-order valence-electron chi connectivity index (χ4n) is 5.00. The number of benzene rings is 1. The summed E-state index contributed by atoms with van der Waals surface area (Å²) in [6, 6.07) is 5.81. The Balaban J connectivity index is 1.37. The molecule has 174 valence electrons. The van der Waals surface area contributed by atoms with Crippen LogP contribution in [0.25, 0.3) is 0 Å². The van der Waals surface area contributed by atoms with Crippen LogP contribution >= 0.6 is 0 Å². The van der Waals surface area contributed by atoms with Gasteiger partial charge in [0.2, 0.25) is 5.91 Å². The maximum absolute atomic E-state index is 12.5. The van der Waals surface area contributed by atoms with Crippen LogP contribution in [0.5, 0.6) is 0 Å². The summed E-state index contributed by atoms with van der Waals surface area (Å²) in [6.07, 6.45) is 3.24. The third kappa shape index (κ3) is 4.69. The van der Waals surface area contributed by atoms with Gasteiger partial charge in [0.05, 0.1) is 0 Å². The molecule has 3 aliphatic heterocycles. The summed E-state index contributed by atoms with van der Waals surface area (Å²) in [5, 5.41) is 2.39. The number of anilines is 2. The van der Waals surface area contributed by atoms with Gasteiger partial charge in [-0.05, 0) is 76.1 Å². The lowest BCUT2D eigenvalue weighted by Gasteiger charge is -2.40. The van der Waals surface area contributed by atoms with Gasteiger partial charge in [-0.25, -0.2) is 9.59 Å². The van der Waals surface area contributed by atoms with Gasteiger partial charge in [-0.2, -0.15) is 0 Å². The van der Waals surface area contributed by atoms with E-state index < -0.39 is 5.60 Å². The van der Waals surface area contributed by atoms with Crippen molar-refractivity contribution in [2.75, 3.05) is 42.5 Å². The van der Waals surface area contributed by atoms with Crippen LogP contribution in [0.3, 0.4) is 0 Å². The molecule has 0 atom stereocenters. The Hall–Kier alpha value is -2.77. The van der Waals surface area contributed by atoms with E-state index in [-0.39, 0.29) is 23.4 Å². The summed E-state index contributed by atoms with van der Waals surface area (Å²) >= 11 is 0. The van der Waals surface area contributed by atoms with Gasteiger partial charge < -0.3 is 14.5 Å². The molecule has 3 saturated heterocycles. The van der Waals surface area contributed by atoms with Crippen molar-refractivity contribution in [1.29, 1.82) is 0 Å². The highest BCUT2D eigenvalue weighted by molar-refractivity contribution is 6.06. The second kappa shape index (κ2) is 8.30. The van der Waals surface area contributed by atoms with Gasteiger partial charge in [0, 0.05) is 50.5 Å². The van der Waals surface area contributed by atoms with Gasteiger partial charge >= 0.3 is 12.1 Å². The van der Waals surface area contributed by atoms with E-state index in [2.05, 4.69) is 22.3 Å². The normalized spacial score (nSPS) is 21.2. The molecule has 0 aromatic heterocycles. The minimum absolute atomic E-state index is 0.181. The van der Waals surface area contributed by atoms with E-state index in [1.54, 1.807) is 4.90 Å². The largest absolute Gasteiger partial charge is 0.444 e. The van der Waals surface area contributed by atoms with Crippen molar-refractivity contribution < 1.29 is 19.1 Å². The smallest absolute Gasteiger partial charge is 0.410 e. The molecule has 0 saturated carbocycles. The van der Waals surface area contributed by atoms with E-state index in [0.717, 1.165) is 62.4 Å². The van der Waals surface area contributed by atoms with Gasteiger partial charge in [-0.3, -0.25) is 15.0 Å². The van der Waals surface area contributed by atoms with Crippen LogP contribution in [0.2, 0.25) is 0 Å². The number of imide groups is 1. The predicted octanol–water partition coefficient (Wildman–Crippen LogP) is 3.67. The van der Waals surface area contributed by atoms with Crippen LogP contribution in [0.4, 0.5) is 21.0 Å². The first kappa shape index (κ1) is 22.4. The van der Waals surface area contributed by atoms with Crippen molar-refractivity contribution in [3.63, 3.8) is 0 Å². The molecule has 1 N–H and O–H groups in total. The molecule has 8 heteroatoms. The first-order valence-electron chi connectivity index (χ1n) is 11.5. The molecule has 32 heavy (non-hydrogen) atoms. The summed E-state index contributed by atoms with van der Waals surface area (Å²) in [6.45, 7) is 11.5. The number of hydrogen-bond acceptors (Lipinski definition) is 5. The summed E-state index contributed by atoms with van der Waals surface area (Å²) in [7, 11) is 0. The van der Waals surface area contributed by atoms with Crippen LogP contribution in [0, 0.1) is 12.3 Å². The highest BCUT2D eigenvalue weighted by atomic mass is 16.6. The number of amides is 4. The fourth-order valence-corrected chi connectivity index (χ4v) is 5.00. The number of carbonyl (C=O) groups is 3. The van der Waals surface area contributed by atoms with Crippen LogP contribution < -0.4 is 15.1 Å². The third-order valence-corrected chi connectivity index (χ3v) is 6.80. The highest BCUT2D eigenvalue weighted by Crippen LogP contribution is 2.42. The second-order valence-corrected chi connectivity index (χ2v) is 10.4. The lowest BCUT2D eigenvalue weighted by molar-refractivity contribution is -0.120. The first-order chi connectivity index (χ1) is 15.1. The zero-order chi connectivity index (χ0) is 23.1. The van der Waals surface area contributed by atoms with Gasteiger partial charge in [0.1, 0.15) is 5.60 Å². The summed E-state index contributed by atoms with van der Waals surface area (Å²) in [5.41, 5.74) is 2.72. The van der Waals surface area contributed by atoms with E-state index in [9.17, 15) is 14.4 Å². The van der Waals surface area contributed by atoms with Crippen LogP contribution in [-0.4, -0.2) is 61.3 Å². The van der Waals surface area contributed by atoms with Crippen molar-refractivity contribution in [3.05, 3.63) is 23.8 Å². The minimum atomic E-state index is -0.468. The van der Waals surface area contributed by atoms with Crippen molar-refractivity contribution >= 4 is 29.4 Å².